The summed E-state index contributed by atoms with van der Waals surface area (Å²) in [5, 5.41) is 32.1. The van der Waals surface area contributed by atoms with Crippen LogP contribution in [0.15, 0.2) is 53.0 Å². The Morgan fingerprint density at radius 1 is 0.659 bits per heavy atom. The number of halogens is 7. The summed E-state index contributed by atoms with van der Waals surface area (Å²) in [5.74, 6) is 1.26. The standard InChI is InChI=1S/C13H5Cl3N4O.C12H5BrCl3N3O/c14-7-3-6(5-17)11(16)10(4-7)21-13-8(15)1-2-9-12(13)19-20-18-9;13-6-3-5(14)4-9(10(6)16)20-12-7(15)1-2-8-11(12)18-19-17-8/h1-4H,(H,18,19,20);1-4H,(H,17,18,19). The molecule has 0 saturated heterocycles. The van der Waals surface area contributed by atoms with Crippen molar-refractivity contribution >= 4 is 108 Å². The fourth-order valence-corrected chi connectivity index (χ4v) is 5.18. The zero-order valence-electron chi connectivity index (χ0n) is 19.8. The number of nitrogens with zero attached hydrogens (tertiary/aromatic N) is 5. The van der Waals surface area contributed by atoms with E-state index in [0.717, 1.165) is 0 Å². The molecule has 6 rings (SSSR count). The Kier molecular flexibility index (Phi) is 8.97. The third-order valence-electron chi connectivity index (χ3n) is 5.30. The summed E-state index contributed by atoms with van der Waals surface area (Å²) < 4.78 is 12.1. The Bertz CT molecular complexity index is 1970. The van der Waals surface area contributed by atoms with Crippen LogP contribution in [0.1, 0.15) is 5.56 Å². The number of fused-ring (bicyclic) bond motifs is 2. The molecule has 206 valence electrons. The van der Waals surface area contributed by atoms with Gasteiger partial charge in [-0.1, -0.05) is 69.6 Å². The number of hydrogen-bond acceptors (Lipinski definition) is 7. The first kappa shape index (κ1) is 29.5. The van der Waals surface area contributed by atoms with Crippen molar-refractivity contribution in [3.63, 3.8) is 0 Å². The molecular weight excluding hydrogens is 723 g/mol. The molecule has 6 aromatic rings. The number of nitrogens with one attached hydrogen (secondary N) is 2. The van der Waals surface area contributed by atoms with E-state index in [9.17, 15) is 0 Å². The maximum atomic E-state index is 9.02. The molecule has 0 fully saturated rings. The number of hydrogen-bond donors (Lipinski definition) is 2. The topological polar surface area (TPSA) is 125 Å². The van der Waals surface area contributed by atoms with Crippen LogP contribution in [-0.4, -0.2) is 30.8 Å². The highest BCUT2D eigenvalue weighted by Gasteiger charge is 2.17. The van der Waals surface area contributed by atoms with Gasteiger partial charge in [0.1, 0.15) is 33.6 Å². The van der Waals surface area contributed by atoms with E-state index in [4.69, 9.17) is 84.3 Å². The summed E-state index contributed by atoms with van der Waals surface area (Å²) >= 11 is 39.8. The van der Waals surface area contributed by atoms with Crippen LogP contribution in [0, 0.1) is 11.3 Å². The van der Waals surface area contributed by atoms with Crippen molar-refractivity contribution < 1.29 is 9.47 Å². The van der Waals surface area contributed by atoms with Crippen molar-refractivity contribution in [2.24, 2.45) is 0 Å². The van der Waals surface area contributed by atoms with Gasteiger partial charge >= 0.3 is 0 Å². The molecule has 0 aliphatic rings. The van der Waals surface area contributed by atoms with Gasteiger partial charge in [0.25, 0.3) is 0 Å². The second kappa shape index (κ2) is 12.5. The number of aromatic nitrogens is 6. The van der Waals surface area contributed by atoms with Gasteiger partial charge in [-0.3, -0.25) is 0 Å². The summed E-state index contributed by atoms with van der Waals surface area (Å²) in [4.78, 5) is 0. The quantitative estimate of drug-likeness (QED) is 0.173. The number of nitriles is 1. The molecule has 0 aliphatic carbocycles. The van der Waals surface area contributed by atoms with Gasteiger partial charge in [0, 0.05) is 26.7 Å². The fourth-order valence-electron chi connectivity index (χ4n) is 3.47. The molecule has 9 nitrogen and oxygen atoms in total. The largest absolute Gasteiger partial charge is 0.452 e. The lowest BCUT2D eigenvalue weighted by molar-refractivity contribution is 0.487. The van der Waals surface area contributed by atoms with Crippen LogP contribution < -0.4 is 9.47 Å². The van der Waals surface area contributed by atoms with E-state index in [1.54, 1.807) is 36.4 Å². The molecule has 0 atom stereocenters. The van der Waals surface area contributed by atoms with Crippen molar-refractivity contribution in [2.45, 2.75) is 0 Å². The highest BCUT2D eigenvalue weighted by Crippen LogP contribution is 2.42. The van der Waals surface area contributed by atoms with Crippen molar-refractivity contribution in [3.8, 4) is 29.1 Å². The van der Waals surface area contributed by atoms with E-state index in [2.05, 4.69) is 46.8 Å². The van der Waals surface area contributed by atoms with Gasteiger partial charge in [-0.25, -0.2) is 0 Å². The number of aromatic amines is 2. The van der Waals surface area contributed by atoms with Gasteiger partial charge in [0.2, 0.25) is 0 Å². The Balaban J connectivity index is 0.000000165. The van der Waals surface area contributed by atoms with Crippen LogP contribution in [-0.2, 0) is 0 Å². The molecule has 41 heavy (non-hydrogen) atoms. The highest BCUT2D eigenvalue weighted by atomic mass is 79.9. The van der Waals surface area contributed by atoms with Crippen LogP contribution in [0.2, 0.25) is 30.1 Å². The third kappa shape index (κ3) is 6.27. The molecule has 0 bridgehead atoms. The number of rotatable bonds is 4. The average Bonchev–Trinajstić information content (AvgIpc) is 3.62. The minimum absolute atomic E-state index is 0.151. The molecule has 0 aliphatic heterocycles. The van der Waals surface area contributed by atoms with E-state index in [1.807, 2.05) is 6.07 Å². The molecule has 0 radical (unpaired) electrons. The van der Waals surface area contributed by atoms with Crippen LogP contribution in [0.3, 0.4) is 0 Å². The van der Waals surface area contributed by atoms with Gasteiger partial charge in [0.05, 0.1) is 20.6 Å². The first-order valence-corrected chi connectivity index (χ1v) is 14.1. The lowest BCUT2D eigenvalue weighted by Gasteiger charge is -2.10. The maximum absolute atomic E-state index is 9.02. The van der Waals surface area contributed by atoms with Crippen LogP contribution >= 0.6 is 85.5 Å². The Hall–Kier alpha value is -3.01. The molecule has 0 unspecified atom stereocenters. The molecule has 2 heterocycles. The molecule has 4 aromatic carbocycles. The molecule has 0 saturated carbocycles. The van der Waals surface area contributed by atoms with Crippen molar-refractivity contribution in [1.82, 2.24) is 30.8 Å². The van der Waals surface area contributed by atoms with Gasteiger partial charge in [0.15, 0.2) is 22.5 Å². The van der Waals surface area contributed by atoms with Crippen molar-refractivity contribution in [2.75, 3.05) is 0 Å². The monoisotopic (exact) mass is 729 g/mol. The van der Waals surface area contributed by atoms with Crippen LogP contribution in [0.5, 0.6) is 23.0 Å². The molecular formula is C25H10BrCl6N7O2. The van der Waals surface area contributed by atoms with E-state index in [-0.39, 0.29) is 22.1 Å². The first-order valence-electron chi connectivity index (χ1n) is 11.0. The van der Waals surface area contributed by atoms with Crippen LogP contribution in [0.4, 0.5) is 0 Å². The zero-order chi connectivity index (χ0) is 29.3. The van der Waals surface area contributed by atoms with E-state index in [1.165, 1.54) is 12.1 Å². The summed E-state index contributed by atoms with van der Waals surface area (Å²) in [7, 11) is 0. The minimum atomic E-state index is 0.151. The smallest absolute Gasteiger partial charge is 0.175 e. The SMILES string of the molecule is Clc1cc(Br)c(Cl)c(Oc2c(Cl)ccc3n[nH]nc23)c1.N#Cc1cc(Cl)cc(Oc2c(Cl)ccc3n[nH]nc23)c1Cl. The average molecular weight is 733 g/mol. The highest BCUT2D eigenvalue weighted by molar-refractivity contribution is 9.10. The zero-order valence-corrected chi connectivity index (χ0v) is 25.9. The lowest BCUT2D eigenvalue weighted by atomic mass is 10.2. The van der Waals surface area contributed by atoms with Gasteiger partial charge in [-0.2, -0.15) is 36.1 Å². The Morgan fingerprint density at radius 3 is 1.66 bits per heavy atom. The molecule has 2 N–H and O–H groups in total. The minimum Gasteiger partial charge on any atom is -0.452 e. The number of ether oxygens (including phenoxy) is 2. The Labute approximate surface area is 269 Å². The predicted molar refractivity (Wildman–Crippen MR) is 163 cm³/mol. The summed E-state index contributed by atoms with van der Waals surface area (Å²) in [6.45, 7) is 0. The molecule has 0 spiro atoms. The third-order valence-corrected chi connectivity index (χ3v) is 7.96. The molecule has 2 aromatic heterocycles. The fraction of sp³-hybridized carbons (Fsp3) is 0. The normalized spacial score (nSPS) is 10.8. The van der Waals surface area contributed by atoms with Gasteiger partial charge < -0.3 is 9.47 Å². The van der Waals surface area contributed by atoms with Crippen LogP contribution in [0.25, 0.3) is 22.1 Å². The first-order chi connectivity index (χ1) is 19.7. The van der Waals surface area contributed by atoms with Gasteiger partial charge in [-0.05, 0) is 52.3 Å². The van der Waals surface area contributed by atoms with E-state index in [0.29, 0.717) is 63.2 Å². The Morgan fingerprint density at radius 2 is 1.15 bits per heavy atom. The van der Waals surface area contributed by atoms with Crippen molar-refractivity contribution in [3.05, 3.63) is 88.7 Å². The summed E-state index contributed by atoms with van der Waals surface area (Å²) in [5.41, 5.74) is 2.42. The second-order valence-corrected chi connectivity index (χ2v) is 11.2. The summed E-state index contributed by atoms with van der Waals surface area (Å²) in [6.07, 6.45) is 0. The van der Waals surface area contributed by atoms with E-state index >= 15 is 0 Å². The van der Waals surface area contributed by atoms with Gasteiger partial charge in [-0.15, -0.1) is 0 Å². The molecule has 16 heteroatoms. The van der Waals surface area contributed by atoms with Crippen molar-refractivity contribution in [1.29, 1.82) is 5.26 Å². The summed E-state index contributed by atoms with van der Waals surface area (Å²) in [6, 6.07) is 14.9. The molecule has 0 amide bonds. The van der Waals surface area contributed by atoms with E-state index < -0.39 is 0 Å². The maximum Gasteiger partial charge on any atom is 0.175 e. The number of H-pyrrole nitrogens is 2. The predicted octanol–water partition coefficient (Wildman–Crippen LogP) is 10.1. The lowest BCUT2D eigenvalue weighted by Crippen LogP contribution is -1.90. The number of benzene rings is 4. The second-order valence-electron chi connectivity index (χ2n) is 7.92.